The molecule has 4 rings (SSSR count). The van der Waals surface area contributed by atoms with Gasteiger partial charge >= 0.3 is 0 Å². The average molecular weight is 462 g/mol. The van der Waals surface area contributed by atoms with Crippen molar-refractivity contribution in [3.05, 3.63) is 84.0 Å². The summed E-state index contributed by atoms with van der Waals surface area (Å²) < 4.78 is 12.8. The molecule has 2 aromatic carbocycles. The Hall–Kier alpha value is -4.07. The summed E-state index contributed by atoms with van der Waals surface area (Å²) in [5.74, 6) is -0.512. The predicted octanol–water partition coefficient (Wildman–Crippen LogP) is 3.80. The van der Waals surface area contributed by atoms with Crippen LogP contribution in [0, 0.1) is 0 Å². The molecule has 0 aliphatic carbocycles. The van der Waals surface area contributed by atoms with Crippen LogP contribution in [0.15, 0.2) is 72.8 Å². The molecular weight excluding hydrogens is 434 g/mol. The average Bonchev–Trinajstić information content (AvgIpc) is 3.46. The van der Waals surface area contributed by atoms with Gasteiger partial charge in [-0.2, -0.15) is 0 Å². The van der Waals surface area contributed by atoms with E-state index in [1.165, 1.54) is 12.0 Å². The standard InChI is InChI=1S/C26H27N3O5/c1-3-34-19-11-9-18(10-12-19)23-22(24(30)20-7-4-5-8-21(20)33-2)25(31)26(32)29(23)15-6-14-28-16-13-27-17-28/h4-5,7-13,16-17,23,30H,3,6,14-15H2,1-2H3/b24-22+. The minimum Gasteiger partial charge on any atom is -0.507 e. The highest BCUT2D eigenvalue weighted by Gasteiger charge is 2.46. The third kappa shape index (κ3) is 4.52. The van der Waals surface area contributed by atoms with Crippen LogP contribution in [0.1, 0.15) is 30.5 Å². The maximum absolute atomic E-state index is 13.2. The third-order valence-corrected chi connectivity index (χ3v) is 5.78. The van der Waals surface area contributed by atoms with Crippen molar-refractivity contribution in [2.24, 2.45) is 0 Å². The van der Waals surface area contributed by atoms with E-state index in [1.54, 1.807) is 48.9 Å². The summed E-state index contributed by atoms with van der Waals surface area (Å²) in [6.45, 7) is 3.41. The van der Waals surface area contributed by atoms with Crippen LogP contribution < -0.4 is 9.47 Å². The van der Waals surface area contributed by atoms with Crippen LogP contribution in [-0.2, 0) is 16.1 Å². The first-order valence-electron chi connectivity index (χ1n) is 11.2. The molecule has 8 heteroatoms. The first-order valence-corrected chi connectivity index (χ1v) is 11.2. The van der Waals surface area contributed by atoms with Crippen molar-refractivity contribution in [1.82, 2.24) is 14.5 Å². The number of aryl methyl sites for hydroxylation is 1. The van der Waals surface area contributed by atoms with E-state index in [0.29, 0.717) is 48.7 Å². The molecular formula is C26H27N3O5. The number of hydrogen-bond acceptors (Lipinski definition) is 6. The van der Waals surface area contributed by atoms with Crippen LogP contribution >= 0.6 is 0 Å². The normalized spacial score (nSPS) is 17.2. The number of carbonyl (C=O) groups excluding carboxylic acids is 2. The zero-order valence-corrected chi connectivity index (χ0v) is 19.2. The van der Waals surface area contributed by atoms with E-state index in [2.05, 4.69) is 4.98 Å². The van der Waals surface area contributed by atoms with E-state index in [9.17, 15) is 14.7 Å². The number of ether oxygens (including phenoxy) is 2. The van der Waals surface area contributed by atoms with Gasteiger partial charge in [0, 0.05) is 25.5 Å². The van der Waals surface area contributed by atoms with Crippen LogP contribution in [0.4, 0.5) is 0 Å². The Labute approximate surface area is 198 Å². The SMILES string of the molecule is CCOc1ccc(C2/C(=C(\O)c3ccccc3OC)C(=O)C(=O)N2CCCn2ccnc2)cc1. The first kappa shape index (κ1) is 23.1. The molecule has 1 aromatic heterocycles. The van der Waals surface area contributed by atoms with E-state index >= 15 is 0 Å². The van der Waals surface area contributed by atoms with E-state index in [1.807, 2.05) is 29.8 Å². The molecule has 1 amide bonds. The van der Waals surface area contributed by atoms with Gasteiger partial charge in [0.15, 0.2) is 0 Å². The minimum atomic E-state index is -0.733. The lowest BCUT2D eigenvalue weighted by molar-refractivity contribution is -0.139. The molecule has 3 aromatic rings. The molecule has 0 bridgehead atoms. The fourth-order valence-corrected chi connectivity index (χ4v) is 4.20. The molecule has 1 atom stereocenters. The Morgan fingerprint density at radius 3 is 2.53 bits per heavy atom. The van der Waals surface area contributed by atoms with E-state index < -0.39 is 17.7 Å². The topological polar surface area (TPSA) is 93.9 Å². The van der Waals surface area contributed by atoms with Crippen molar-refractivity contribution < 1.29 is 24.2 Å². The maximum Gasteiger partial charge on any atom is 0.295 e. The quantitative estimate of drug-likeness (QED) is 0.296. The number of benzene rings is 2. The van der Waals surface area contributed by atoms with Crippen molar-refractivity contribution >= 4 is 17.4 Å². The Morgan fingerprint density at radius 1 is 1.09 bits per heavy atom. The summed E-state index contributed by atoms with van der Waals surface area (Å²) in [4.78, 5) is 31.9. The number of hydrogen-bond donors (Lipinski definition) is 1. The highest BCUT2D eigenvalue weighted by Crippen LogP contribution is 2.41. The molecule has 176 valence electrons. The van der Waals surface area contributed by atoms with Crippen LogP contribution in [0.2, 0.25) is 0 Å². The number of aliphatic hydroxyl groups is 1. The molecule has 8 nitrogen and oxygen atoms in total. The first-order chi connectivity index (χ1) is 16.5. The number of aromatic nitrogens is 2. The lowest BCUT2D eigenvalue weighted by atomic mass is 9.95. The van der Waals surface area contributed by atoms with Crippen LogP contribution in [0.25, 0.3) is 5.76 Å². The summed E-state index contributed by atoms with van der Waals surface area (Å²) in [6, 6.07) is 13.4. The Morgan fingerprint density at radius 2 is 1.85 bits per heavy atom. The number of Topliss-reactive ketones (excluding diaryl/α,β-unsaturated/α-hetero) is 1. The van der Waals surface area contributed by atoms with Crippen LogP contribution in [0.5, 0.6) is 11.5 Å². The molecule has 1 saturated heterocycles. The molecule has 1 N–H and O–H groups in total. The highest BCUT2D eigenvalue weighted by atomic mass is 16.5. The zero-order chi connectivity index (χ0) is 24.1. The van der Waals surface area contributed by atoms with Gasteiger partial charge in [-0.15, -0.1) is 0 Å². The molecule has 2 heterocycles. The predicted molar refractivity (Wildman–Crippen MR) is 126 cm³/mol. The van der Waals surface area contributed by atoms with Gasteiger partial charge in [-0.1, -0.05) is 24.3 Å². The zero-order valence-electron chi connectivity index (χ0n) is 19.2. The summed E-state index contributed by atoms with van der Waals surface area (Å²) in [5.41, 5.74) is 1.11. The second-order valence-corrected chi connectivity index (χ2v) is 7.85. The van der Waals surface area contributed by atoms with Crippen molar-refractivity contribution in [1.29, 1.82) is 0 Å². The van der Waals surface area contributed by atoms with E-state index in [-0.39, 0.29) is 11.3 Å². The number of carbonyl (C=O) groups is 2. The molecule has 1 aliphatic rings. The minimum absolute atomic E-state index is 0.0429. The van der Waals surface area contributed by atoms with E-state index in [4.69, 9.17) is 9.47 Å². The third-order valence-electron chi connectivity index (χ3n) is 5.78. The van der Waals surface area contributed by atoms with Gasteiger partial charge in [-0.3, -0.25) is 9.59 Å². The van der Waals surface area contributed by atoms with Gasteiger partial charge in [-0.05, 0) is 43.2 Å². The number of nitrogens with zero attached hydrogens (tertiary/aromatic N) is 3. The molecule has 0 spiro atoms. The van der Waals surface area contributed by atoms with Gasteiger partial charge in [0.05, 0.1) is 37.2 Å². The number of aliphatic hydroxyl groups excluding tert-OH is 1. The summed E-state index contributed by atoms with van der Waals surface area (Å²) >= 11 is 0. The van der Waals surface area contributed by atoms with Gasteiger partial charge in [-0.25, -0.2) is 4.98 Å². The summed E-state index contributed by atoms with van der Waals surface area (Å²) in [7, 11) is 1.49. The maximum atomic E-state index is 13.2. The molecule has 0 saturated carbocycles. The summed E-state index contributed by atoms with van der Waals surface area (Å²) in [6.07, 6.45) is 5.87. The number of imidazole rings is 1. The van der Waals surface area contributed by atoms with Gasteiger partial charge < -0.3 is 24.0 Å². The monoisotopic (exact) mass is 461 g/mol. The number of rotatable bonds is 9. The lowest BCUT2D eigenvalue weighted by Crippen LogP contribution is -2.31. The smallest absolute Gasteiger partial charge is 0.295 e. The molecule has 1 aliphatic heterocycles. The van der Waals surface area contributed by atoms with Crippen molar-refractivity contribution in [2.45, 2.75) is 25.9 Å². The number of methoxy groups -OCH3 is 1. The van der Waals surface area contributed by atoms with Crippen LogP contribution in [0.3, 0.4) is 0 Å². The number of para-hydroxylation sites is 1. The van der Waals surface area contributed by atoms with Gasteiger partial charge in [0.2, 0.25) is 0 Å². The van der Waals surface area contributed by atoms with Crippen molar-refractivity contribution in [3.63, 3.8) is 0 Å². The van der Waals surface area contributed by atoms with E-state index in [0.717, 1.165) is 0 Å². The van der Waals surface area contributed by atoms with Gasteiger partial charge in [0.25, 0.3) is 11.7 Å². The molecule has 0 radical (unpaired) electrons. The molecule has 34 heavy (non-hydrogen) atoms. The van der Waals surface area contributed by atoms with Crippen LogP contribution in [-0.4, -0.2) is 51.5 Å². The molecule has 1 fully saturated rings. The fourth-order valence-electron chi connectivity index (χ4n) is 4.20. The van der Waals surface area contributed by atoms with Crippen molar-refractivity contribution in [2.75, 3.05) is 20.3 Å². The Kier molecular flexibility index (Phi) is 6.96. The molecule has 1 unspecified atom stereocenters. The largest absolute Gasteiger partial charge is 0.507 e. The van der Waals surface area contributed by atoms with Crippen molar-refractivity contribution in [3.8, 4) is 11.5 Å². The Balaban J connectivity index is 1.75. The number of ketones is 1. The lowest BCUT2D eigenvalue weighted by Gasteiger charge is -2.25. The second kappa shape index (κ2) is 10.2. The Bertz CT molecular complexity index is 1190. The summed E-state index contributed by atoms with van der Waals surface area (Å²) in [5, 5.41) is 11.2. The fraction of sp³-hybridized carbons (Fsp3) is 0.269. The number of likely N-dealkylation sites (tertiary alicyclic amines) is 1. The second-order valence-electron chi connectivity index (χ2n) is 7.85. The van der Waals surface area contributed by atoms with Gasteiger partial charge in [0.1, 0.15) is 17.3 Å². The number of amides is 1. The highest BCUT2D eigenvalue weighted by molar-refractivity contribution is 6.46.